The molecule has 0 aliphatic carbocycles. The first kappa shape index (κ1) is 26.5. The summed E-state index contributed by atoms with van der Waals surface area (Å²) in [6, 6.07) is 21.2. The second-order valence-electron chi connectivity index (χ2n) is 10.4. The molecule has 6 rings (SSSR count). The largest absolute Gasteiger partial charge is 0.480 e. The number of hydrogen-bond acceptors (Lipinski definition) is 7. The fourth-order valence-corrected chi connectivity index (χ4v) is 5.15. The van der Waals surface area contributed by atoms with Crippen molar-refractivity contribution in [3.63, 3.8) is 0 Å². The summed E-state index contributed by atoms with van der Waals surface area (Å²) >= 11 is 0. The van der Waals surface area contributed by atoms with Crippen molar-refractivity contribution in [3.05, 3.63) is 84.3 Å². The number of para-hydroxylation sites is 1. The fraction of sp³-hybridized carbons (Fsp3) is 0.250. The molecule has 208 valence electrons. The van der Waals surface area contributed by atoms with Crippen molar-refractivity contribution >= 4 is 46.0 Å². The van der Waals surface area contributed by atoms with Crippen molar-refractivity contribution in [2.24, 2.45) is 5.92 Å². The van der Waals surface area contributed by atoms with Crippen LogP contribution in [0.3, 0.4) is 0 Å². The number of carboxylic acids is 1. The number of hydrogen-bond donors (Lipinski definition) is 2. The number of rotatable bonds is 8. The lowest BCUT2D eigenvalue weighted by Gasteiger charge is -2.28. The summed E-state index contributed by atoms with van der Waals surface area (Å²) < 4.78 is 7.46. The molecule has 0 bridgehead atoms. The van der Waals surface area contributed by atoms with Gasteiger partial charge in [-0.05, 0) is 48.4 Å². The summed E-state index contributed by atoms with van der Waals surface area (Å²) in [7, 11) is 0. The molecule has 2 N–H and O–H groups in total. The highest BCUT2D eigenvalue weighted by molar-refractivity contribution is 5.85. The second-order valence-corrected chi connectivity index (χ2v) is 10.4. The highest BCUT2D eigenvalue weighted by Gasteiger charge is 2.22. The number of pyridine rings is 1. The molecular formula is C32H32N6O3. The van der Waals surface area contributed by atoms with Gasteiger partial charge in [-0.15, -0.1) is 0 Å². The summed E-state index contributed by atoms with van der Waals surface area (Å²) in [4.78, 5) is 23.8. The number of fused-ring (bicyclic) bond motifs is 2. The zero-order chi connectivity index (χ0) is 28.3. The van der Waals surface area contributed by atoms with Crippen molar-refractivity contribution in [1.29, 1.82) is 0 Å². The van der Waals surface area contributed by atoms with Crippen LogP contribution >= 0.6 is 0 Å². The molecule has 1 atom stereocenters. The van der Waals surface area contributed by atoms with Gasteiger partial charge >= 0.3 is 5.97 Å². The van der Waals surface area contributed by atoms with E-state index in [-0.39, 0.29) is 5.92 Å². The van der Waals surface area contributed by atoms with Crippen molar-refractivity contribution in [2.45, 2.75) is 19.9 Å². The van der Waals surface area contributed by atoms with Crippen LogP contribution in [0.4, 0.5) is 11.4 Å². The molecule has 5 aromatic rings. The Balaban J connectivity index is 1.42. The maximum Gasteiger partial charge on any atom is 0.326 e. The van der Waals surface area contributed by atoms with Crippen molar-refractivity contribution in [2.75, 3.05) is 36.5 Å². The van der Waals surface area contributed by atoms with E-state index in [0.717, 1.165) is 63.7 Å². The first-order valence-corrected chi connectivity index (χ1v) is 13.8. The zero-order valence-corrected chi connectivity index (χ0v) is 23.1. The van der Waals surface area contributed by atoms with E-state index in [9.17, 15) is 9.90 Å². The van der Waals surface area contributed by atoms with Crippen LogP contribution in [0, 0.1) is 5.92 Å². The van der Waals surface area contributed by atoms with Crippen LogP contribution in [0.15, 0.2) is 72.9 Å². The predicted molar refractivity (Wildman–Crippen MR) is 162 cm³/mol. The Labute approximate surface area is 238 Å². The Bertz CT molecular complexity index is 1720. The number of aromatic nitrogens is 4. The molecule has 1 saturated heterocycles. The minimum atomic E-state index is -0.875. The van der Waals surface area contributed by atoms with Crippen LogP contribution in [0.5, 0.6) is 0 Å². The molecule has 0 spiro atoms. The van der Waals surface area contributed by atoms with E-state index in [1.54, 1.807) is 6.20 Å². The maximum atomic E-state index is 11.7. The summed E-state index contributed by atoms with van der Waals surface area (Å²) in [5.41, 5.74) is 6.81. The molecule has 2 aromatic carbocycles. The van der Waals surface area contributed by atoms with E-state index < -0.39 is 12.0 Å². The summed E-state index contributed by atoms with van der Waals surface area (Å²) in [5, 5.41) is 18.5. The summed E-state index contributed by atoms with van der Waals surface area (Å²) in [5.74, 6) is -0.936. The Morgan fingerprint density at radius 1 is 0.976 bits per heavy atom. The maximum absolute atomic E-state index is 11.7. The average Bonchev–Trinajstić information content (AvgIpc) is 3.37. The number of ether oxygens (including phenoxy) is 1. The third-order valence-electron chi connectivity index (χ3n) is 7.32. The van der Waals surface area contributed by atoms with Crippen molar-refractivity contribution in [3.8, 4) is 11.3 Å². The van der Waals surface area contributed by atoms with Gasteiger partial charge in [0.05, 0.1) is 42.0 Å². The van der Waals surface area contributed by atoms with Crippen LogP contribution in [-0.2, 0) is 9.53 Å². The molecule has 4 heterocycles. The number of carboxylic acid groups (broad SMARTS) is 1. The quantitative estimate of drug-likeness (QED) is 0.263. The van der Waals surface area contributed by atoms with Gasteiger partial charge in [0.25, 0.3) is 0 Å². The SMILES string of the molecule is CC(C)[C@H](Nc1ccc(-c2c(C=Cc3ccc4ccccc4n3)nc3c(N4CCOCC4)ccnn23)cc1)C(=O)O. The van der Waals surface area contributed by atoms with E-state index >= 15 is 0 Å². The minimum Gasteiger partial charge on any atom is -0.480 e. The number of anilines is 2. The minimum absolute atomic E-state index is 0.0609. The van der Waals surface area contributed by atoms with Gasteiger partial charge in [-0.1, -0.05) is 50.2 Å². The normalized spacial score (nSPS) is 14.8. The molecule has 0 amide bonds. The van der Waals surface area contributed by atoms with Crippen LogP contribution in [0.25, 0.3) is 40.0 Å². The van der Waals surface area contributed by atoms with Gasteiger partial charge < -0.3 is 20.1 Å². The highest BCUT2D eigenvalue weighted by atomic mass is 16.5. The standard InChI is InChI=1S/C32H32N6O3/c1-21(2)29(32(39)40)35-25-11-8-23(9-12-25)30-27(14-13-24-10-7-22-5-3-4-6-26(22)34-24)36-31-28(15-16-33-38(30)31)37-17-19-41-20-18-37/h3-16,21,29,35H,17-20H2,1-2H3,(H,39,40)/t29-/m0/s1. The number of nitrogens with one attached hydrogen (secondary N) is 1. The topological polar surface area (TPSA) is 105 Å². The van der Waals surface area contributed by atoms with Gasteiger partial charge in [0.1, 0.15) is 11.7 Å². The van der Waals surface area contributed by atoms with E-state index in [2.05, 4.69) is 16.3 Å². The van der Waals surface area contributed by atoms with Crippen LogP contribution < -0.4 is 10.2 Å². The van der Waals surface area contributed by atoms with Gasteiger partial charge in [-0.3, -0.25) is 0 Å². The Kier molecular flexibility index (Phi) is 7.35. The average molecular weight is 549 g/mol. The molecule has 1 aliphatic heterocycles. The third kappa shape index (κ3) is 5.49. The number of morpholine rings is 1. The van der Waals surface area contributed by atoms with Crippen LogP contribution in [0.1, 0.15) is 25.2 Å². The molecule has 1 aliphatic rings. The third-order valence-corrected chi connectivity index (χ3v) is 7.32. The van der Waals surface area contributed by atoms with E-state index in [1.165, 1.54) is 0 Å². The molecule has 9 nitrogen and oxygen atoms in total. The smallest absolute Gasteiger partial charge is 0.326 e. The van der Waals surface area contributed by atoms with Crippen LogP contribution in [-0.4, -0.2) is 63.0 Å². The monoisotopic (exact) mass is 548 g/mol. The number of nitrogens with zero attached hydrogens (tertiary/aromatic N) is 5. The molecule has 0 saturated carbocycles. The van der Waals surface area contributed by atoms with Gasteiger partial charge in [0.15, 0.2) is 5.65 Å². The number of benzene rings is 2. The molecule has 0 radical (unpaired) electrons. The van der Waals surface area contributed by atoms with E-state index in [4.69, 9.17) is 19.8 Å². The molecule has 0 unspecified atom stereocenters. The fourth-order valence-electron chi connectivity index (χ4n) is 5.15. The van der Waals surface area contributed by atoms with Gasteiger partial charge in [-0.25, -0.2) is 19.3 Å². The van der Waals surface area contributed by atoms with E-state index in [1.807, 2.05) is 91.2 Å². The lowest BCUT2D eigenvalue weighted by atomic mass is 10.0. The number of aliphatic carboxylic acids is 1. The van der Waals surface area contributed by atoms with Gasteiger partial charge in [-0.2, -0.15) is 5.10 Å². The number of carbonyl (C=O) groups is 1. The van der Waals surface area contributed by atoms with Crippen molar-refractivity contribution < 1.29 is 14.6 Å². The zero-order valence-electron chi connectivity index (χ0n) is 23.1. The highest BCUT2D eigenvalue weighted by Crippen LogP contribution is 2.31. The lowest BCUT2D eigenvalue weighted by Crippen LogP contribution is -2.36. The lowest BCUT2D eigenvalue weighted by molar-refractivity contribution is -0.138. The molecule has 9 heteroatoms. The van der Waals surface area contributed by atoms with Crippen LogP contribution in [0.2, 0.25) is 0 Å². The van der Waals surface area contributed by atoms with E-state index in [0.29, 0.717) is 13.2 Å². The Morgan fingerprint density at radius 3 is 2.51 bits per heavy atom. The van der Waals surface area contributed by atoms with Crippen molar-refractivity contribution in [1.82, 2.24) is 19.6 Å². The first-order chi connectivity index (χ1) is 20.0. The summed E-state index contributed by atoms with van der Waals surface area (Å²) in [6.45, 7) is 6.69. The predicted octanol–water partition coefficient (Wildman–Crippen LogP) is 5.47. The Hall–Kier alpha value is -4.76. The molecule has 1 fully saturated rings. The summed E-state index contributed by atoms with van der Waals surface area (Å²) in [6.07, 6.45) is 5.76. The first-order valence-electron chi connectivity index (χ1n) is 13.8. The van der Waals surface area contributed by atoms with Gasteiger partial charge in [0.2, 0.25) is 0 Å². The molecular weight excluding hydrogens is 516 g/mol. The molecule has 3 aromatic heterocycles. The number of imidazole rings is 1. The Morgan fingerprint density at radius 2 is 1.76 bits per heavy atom. The molecule has 41 heavy (non-hydrogen) atoms. The second kappa shape index (κ2) is 11.4. The van der Waals surface area contributed by atoms with Gasteiger partial charge in [0, 0.05) is 29.7 Å².